The Kier molecular flexibility index (Phi) is 3.32. The number of nitrogens with two attached hydrogens (primary N) is 1. The van der Waals surface area contributed by atoms with Crippen LogP contribution >= 0.6 is 23.1 Å². The first-order valence-corrected chi connectivity index (χ1v) is 6.43. The van der Waals surface area contributed by atoms with Crippen LogP contribution in [0.2, 0.25) is 0 Å². The fourth-order valence-electron chi connectivity index (χ4n) is 1.32. The van der Waals surface area contributed by atoms with Crippen LogP contribution in [0.5, 0.6) is 0 Å². The van der Waals surface area contributed by atoms with Crippen molar-refractivity contribution in [2.24, 2.45) is 0 Å². The van der Waals surface area contributed by atoms with Gasteiger partial charge in [0.1, 0.15) is 0 Å². The summed E-state index contributed by atoms with van der Waals surface area (Å²) in [6.07, 6.45) is 1.77. The molecule has 0 aromatic carbocycles. The summed E-state index contributed by atoms with van der Waals surface area (Å²) < 4.78 is 1.10. The lowest BCUT2D eigenvalue weighted by molar-refractivity contribution is 0.220. The van der Waals surface area contributed by atoms with Crippen molar-refractivity contribution in [2.75, 3.05) is 31.1 Å². The predicted molar refractivity (Wildman–Crippen MR) is 62.2 cm³/mol. The van der Waals surface area contributed by atoms with Gasteiger partial charge in [-0.2, -0.15) is 0 Å². The van der Waals surface area contributed by atoms with E-state index in [1.54, 1.807) is 18.0 Å². The van der Waals surface area contributed by atoms with Gasteiger partial charge in [-0.05, 0) is 0 Å². The maximum Gasteiger partial charge on any atom is 0.317 e. The normalized spacial score (nSPS) is 15.7. The van der Waals surface area contributed by atoms with Gasteiger partial charge in [0, 0.05) is 25.4 Å². The molecule has 0 saturated carbocycles. The van der Waals surface area contributed by atoms with E-state index in [9.17, 15) is 4.79 Å². The van der Waals surface area contributed by atoms with Crippen LogP contribution in [-0.2, 0) is 0 Å². The number of nitrogens with one attached hydrogen (secondary N) is 1. The summed E-state index contributed by atoms with van der Waals surface area (Å²) in [6, 6.07) is 0.0411. The van der Waals surface area contributed by atoms with E-state index in [0.717, 1.165) is 29.6 Å². The quantitative estimate of drug-likeness (QED) is 0.770. The van der Waals surface area contributed by atoms with Crippen LogP contribution in [-0.4, -0.2) is 41.3 Å². The van der Waals surface area contributed by atoms with Crippen molar-refractivity contribution in [1.29, 1.82) is 0 Å². The molecule has 0 atom stereocenters. The van der Waals surface area contributed by atoms with Crippen molar-refractivity contribution in [3.05, 3.63) is 6.20 Å². The Bertz CT molecular complexity index is 354. The summed E-state index contributed by atoms with van der Waals surface area (Å²) in [5, 5.41) is 3.36. The van der Waals surface area contributed by atoms with E-state index in [0.29, 0.717) is 5.13 Å². The molecule has 0 spiro atoms. The van der Waals surface area contributed by atoms with E-state index < -0.39 is 0 Å². The van der Waals surface area contributed by atoms with Crippen LogP contribution in [0.15, 0.2) is 10.4 Å². The molecule has 15 heavy (non-hydrogen) atoms. The SMILES string of the molecule is Nc1ncc(SCCN2CCNC2=O)s1. The molecule has 0 bridgehead atoms. The average Bonchev–Trinajstić information content (AvgIpc) is 2.77. The van der Waals surface area contributed by atoms with E-state index in [1.165, 1.54) is 11.3 Å². The van der Waals surface area contributed by atoms with Crippen molar-refractivity contribution >= 4 is 34.3 Å². The number of carbonyl (C=O) groups excluding carboxylic acids is 1. The number of hydrogen-bond donors (Lipinski definition) is 2. The molecule has 5 nitrogen and oxygen atoms in total. The zero-order valence-corrected chi connectivity index (χ0v) is 9.74. The Labute approximate surface area is 96.0 Å². The van der Waals surface area contributed by atoms with Crippen LogP contribution in [0.25, 0.3) is 0 Å². The molecule has 1 aliphatic heterocycles. The highest BCUT2D eigenvalue weighted by Crippen LogP contribution is 2.26. The lowest BCUT2D eigenvalue weighted by Crippen LogP contribution is -2.29. The second-order valence-electron chi connectivity index (χ2n) is 3.08. The topological polar surface area (TPSA) is 71.2 Å². The average molecular weight is 244 g/mol. The van der Waals surface area contributed by atoms with Gasteiger partial charge in [-0.1, -0.05) is 11.3 Å². The molecule has 2 heterocycles. The summed E-state index contributed by atoms with van der Waals surface area (Å²) in [4.78, 5) is 17.0. The third-order valence-corrected chi connectivity index (χ3v) is 4.05. The largest absolute Gasteiger partial charge is 0.375 e. The molecule has 7 heteroatoms. The number of hydrogen-bond acceptors (Lipinski definition) is 5. The van der Waals surface area contributed by atoms with Crippen LogP contribution in [0.1, 0.15) is 0 Å². The van der Waals surface area contributed by atoms with Gasteiger partial charge in [-0.15, -0.1) is 11.8 Å². The number of thioether (sulfide) groups is 1. The van der Waals surface area contributed by atoms with Gasteiger partial charge in [0.2, 0.25) is 0 Å². The van der Waals surface area contributed by atoms with Crippen LogP contribution in [0, 0.1) is 0 Å². The van der Waals surface area contributed by atoms with E-state index in [-0.39, 0.29) is 6.03 Å². The number of carbonyl (C=O) groups is 1. The first kappa shape index (κ1) is 10.6. The molecular formula is C8H12N4OS2. The first-order chi connectivity index (χ1) is 7.25. The number of anilines is 1. The summed E-state index contributed by atoms with van der Waals surface area (Å²) in [7, 11) is 0. The Morgan fingerprint density at radius 3 is 3.20 bits per heavy atom. The molecule has 2 amide bonds. The second-order valence-corrected chi connectivity index (χ2v) is 5.54. The summed E-state index contributed by atoms with van der Waals surface area (Å²) >= 11 is 3.17. The van der Waals surface area contributed by atoms with Crippen molar-refractivity contribution in [3.63, 3.8) is 0 Å². The molecule has 3 N–H and O–H groups in total. The number of urea groups is 1. The van der Waals surface area contributed by atoms with Gasteiger partial charge < -0.3 is 16.0 Å². The summed E-state index contributed by atoms with van der Waals surface area (Å²) in [5.74, 6) is 0.884. The number of rotatable bonds is 4. The number of amides is 2. The number of thiazole rings is 1. The van der Waals surface area contributed by atoms with Gasteiger partial charge in [0.15, 0.2) is 5.13 Å². The molecule has 1 saturated heterocycles. The minimum absolute atomic E-state index is 0.0411. The van der Waals surface area contributed by atoms with E-state index >= 15 is 0 Å². The van der Waals surface area contributed by atoms with Crippen LogP contribution < -0.4 is 11.1 Å². The van der Waals surface area contributed by atoms with Gasteiger partial charge in [-0.3, -0.25) is 0 Å². The highest BCUT2D eigenvalue weighted by molar-refractivity contribution is 8.01. The monoisotopic (exact) mass is 244 g/mol. The molecule has 1 aliphatic rings. The molecule has 1 fully saturated rings. The minimum atomic E-state index is 0.0411. The van der Waals surface area contributed by atoms with Crippen LogP contribution in [0.4, 0.5) is 9.93 Å². The Balaban J connectivity index is 1.73. The fourth-order valence-corrected chi connectivity index (χ4v) is 3.12. The predicted octanol–water partition coefficient (Wildman–Crippen LogP) is 0.843. The lowest BCUT2D eigenvalue weighted by Gasteiger charge is -2.12. The van der Waals surface area contributed by atoms with Crippen molar-refractivity contribution in [1.82, 2.24) is 15.2 Å². The Morgan fingerprint density at radius 1 is 1.73 bits per heavy atom. The van der Waals surface area contributed by atoms with Gasteiger partial charge in [-0.25, -0.2) is 9.78 Å². The van der Waals surface area contributed by atoms with Crippen LogP contribution in [0.3, 0.4) is 0 Å². The van der Waals surface area contributed by atoms with E-state index in [4.69, 9.17) is 5.73 Å². The maximum atomic E-state index is 11.2. The maximum absolute atomic E-state index is 11.2. The van der Waals surface area contributed by atoms with Crippen molar-refractivity contribution in [3.8, 4) is 0 Å². The minimum Gasteiger partial charge on any atom is -0.375 e. The smallest absolute Gasteiger partial charge is 0.317 e. The number of nitrogens with zero attached hydrogens (tertiary/aromatic N) is 2. The van der Waals surface area contributed by atoms with Crippen molar-refractivity contribution < 1.29 is 4.79 Å². The van der Waals surface area contributed by atoms with Crippen molar-refractivity contribution in [2.45, 2.75) is 4.21 Å². The zero-order chi connectivity index (χ0) is 10.7. The Hall–Kier alpha value is -0.950. The lowest BCUT2D eigenvalue weighted by atomic mass is 10.6. The highest BCUT2D eigenvalue weighted by atomic mass is 32.2. The molecule has 82 valence electrons. The molecule has 2 rings (SSSR count). The van der Waals surface area contributed by atoms with E-state index in [2.05, 4.69) is 10.3 Å². The molecule has 0 unspecified atom stereocenters. The third-order valence-electron chi connectivity index (χ3n) is 2.05. The van der Waals surface area contributed by atoms with Gasteiger partial charge in [0.05, 0.1) is 10.4 Å². The number of aromatic nitrogens is 1. The van der Waals surface area contributed by atoms with Gasteiger partial charge in [0.25, 0.3) is 0 Å². The third kappa shape index (κ3) is 2.75. The fraction of sp³-hybridized carbons (Fsp3) is 0.500. The number of nitrogen functional groups attached to an aromatic ring is 1. The molecule has 1 aromatic rings. The molecule has 0 radical (unpaired) electrons. The highest BCUT2D eigenvalue weighted by Gasteiger charge is 2.18. The second kappa shape index (κ2) is 4.71. The summed E-state index contributed by atoms with van der Waals surface area (Å²) in [5.41, 5.74) is 5.51. The standard InChI is InChI=1S/C8H12N4OS2/c9-7-11-5-6(15-7)14-4-3-12-2-1-10-8(12)13/h5H,1-4H2,(H2,9,11)(H,10,13). The molecular weight excluding hydrogens is 232 g/mol. The van der Waals surface area contributed by atoms with E-state index in [1.807, 2.05) is 4.90 Å². The first-order valence-electron chi connectivity index (χ1n) is 4.62. The molecule has 1 aromatic heterocycles. The Morgan fingerprint density at radius 2 is 2.60 bits per heavy atom. The summed E-state index contributed by atoms with van der Waals surface area (Å²) in [6.45, 7) is 2.34. The molecule has 0 aliphatic carbocycles. The zero-order valence-electron chi connectivity index (χ0n) is 8.10. The van der Waals surface area contributed by atoms with Gasteiger partial charge >= 0.3 is 6.03 Å².